The van der Waals surface area contributed by atoms with Gasteiger partial charge in [0.15, 0.2) is 0 Å². The zero-order valence-electron chi connectivity index (χ0n) is 15.7. The number of anilines is 3. The Balaban J connectivity index is 1.58. The Hall–Kier alpha value is -3.14. The lowest BCUT2D eigenvalue weighted by molar-refractivity contribution is 0.0983. The molecular formula is C23H23N3O. The molecule has 0 aliphatic carbocycles. The molecular weight excluding hydrogens is 334 g/mol. The number of amides is 1. The van der Waals surface area contributed by atoms with Gasteiger partial charge in [-0.05, 0) is 61.7 Å². The molecule has 0 spiro atoms. The SMILES string of the molecule is CCN(C(=O)c1ccc(N2CCc3ccccc32)cn1)c1cccc(C)c1. The fourth-order valence-corrected chi connectivity index (χ4v) is 3.66. The van der Waals surface area contributed by atoms with Crippen LogP contribution in [0.5, 0.6) is 0 Å². The average Bonchev–Trinajstić information content (AvgIpc) is 3.13. The maximum atomic E-state index is 13.0. The molecule has 1 aliphatic rings. The molecule has 0 unspecified atom stereocenters. The molecule has 0 fully saturated rings. The van der Waals surface area contributed by atoms with Crippen molar-refractivity contribution in [3.63, 3.8) is 0 Å². The fourth-order valence-electron chi connectivity index (χ4n) is 3.66. The van der Waals surface area contributed by atoms with Crippen molar-refractivity contribution in [1.82, 2.24) is 4.98 Å². The smallest absolute Gasteiger partial charge is 0.276 e. The summed E-state index contributed by atoms with van der Waals surface area (Å²) in [5.41, 5.74) is 6.11. The molecule has 27 heavy (non-hydrogen) atoms. The Morgan fingerprint density at radius 2 is 1.96 bits per heavy atom. The third-order valence-corrected chi connectivity index (χ3v) is 5.04. The number of pyridine rings is 1. The second-order valence-electron chi connectivity index (χ2n) is 6.82. The number of hydrogen-bond donors (Lipinski definition) is 0. The summed E-state index contributed by atoms with van der Waals surface area (Å²) in [6, 6.07) is 20.3. The van der Waals surface area contributed by atoms with E-state index in [0.717, 1.165) is 29.9 Å². The summed E-state index contributed by atoms with van der Waals surface area (Å²) >= 11 is 0. The number of carbonyl (C=O) groups excluding carboxylic acids is 1. The fraction of sp³-hybridized carbons (Fsp3) is 0.217. The number of fused-ring (bicyclic) bond motifs is 1. The van der Waals surface area contributed by atoms with Crippen molar-refractivity contribution in [2.24, 2.45) is 0 Å². The zero-order chi connectivity index (χ0) is 18.8. The van der Waals surface area contributed by atoms with Crippen LogP contribution >= 0.6 is 0 Å². The van der Waals surface area contributed by atoms with Crippen LogP contribution < -0.4 is 9.80 Å². The number of nitrogens with zero attached hydrogens (tertiary/aromatic N) is 3. The number of aromatic nitrogens is 1. The maximum Gasteiger partial charge on any atom is 0.276 e. The number of benzene rings is 2. The van der Waals surface area contributed by atoms with Crippen molar-refractivity contribution in [1.29, 1.82) is 0 Å². The van der Waals surface area contributed by atoms with Crippen molar-refractivity contribution in [3.8, 4) is 0 Å². The van der Waals surface area contributed by atoms with E-state index in [2.05, 4.69) is 34.1 Å². The average molecular weight is 357 g/mol. The van der Waals surface area contributed by atoms with Gasteiger partial charge >= 0.3 is 0 Å². The van der Waals surface area contributed by atoms with Crippen LogP contribution in [0.4, 0.5) is 17.1 Å². The van der Waals surface area contributed by atoms with Gasteiger partial charge in [-0.2, -0.15) is 0 Å². The van der Waals surface area contributed by atoms with E-state index in [9.17, 15) is 4.79 Å². The van der Waals surface area contributed by atoms with Crippen molar-refractivity contribution in [2.45, 2.75) is 20.3 Å². The highest BCUT2D eigenvalue weighted by atomic mass is 16.2. The summed E-state index contributed by atoms with van der Waals surface area (Å²) < 4.78 is 0. The Kier molecular flexibility index (Phi) is 4.63. The number of para-hydroxylation sites is 1. The zero-order valence-corrected chi connectivity index (χ0v) is 15.7. The van der Waals surface area contributed by atoms with Crippen molar-refractivity contribution < 1.29 is 4.79 Å². The minimum absolute atomic E-state index is 0.0727. The highest BCUT2D eigenvalue weighted by molar-refractivity contribution is 6.04. The molecule has 4 rings (SSSR count). The van der Waals surface area contributed by atoms with Crippen molar-refractivity contribution in [3.05, 3.63) is 83.7 Å². The van der Waals surface area contributed by atoms with Crippen LogP contribution in [-0.4, -0.2) is 24.0 Å². The lowest BCUT2D eigenvalue weighted by Gasteiger charge is -2.22. The molecule has 0 saturated heterocycles. The number of hydrogen-bond acceptors (Lipinski definition) is 3. The summed E-state index contributed by atoms with van der Waals surface area (Å²) in [5.74, 6) is -0.0727. The van der Waals surface area contributed by atoms with E-state index >= 15 is 0 Å². The Bertz CT molecular complexity index is 965. The van der Waals surface area contributed by atoms with Crippen LogP contribution in [0.15, 0.2) is 66.9 Å². The summed E-state index contributed by atoms with van der Waals surface area (Å²) in [6.07, 6.45) is 2.84. The standard InChI is InChI=1S/C23H23N3O/c1-3-25(19-9-6-7-17(2)15-19)23(27)21-12-11-20(16-24-21)26-14-13-18-8-4-5-10-22(18)26/h4-12,15-16H,3,13-14H2,1-2H3. The topological polar surface area (TPSA) is 36.4 Å². The molecule has 1 aliphatic heterocycles. The molecule has 136 valence electrons. The maximum absolute atomic E-state index is 13.0. The van der Waals surface area contributed by atoms with E-state index in [-0.39, 0.29) is 5.91 Å². The van der Waals surface area contributed by atoms with Gasteiger partial charge in [-0.25, -0.2) is 4.98 Å². The predicted octanol–water partition coefficient (Wildman–Crippen LogP) is 4.75. The van der Waals surface area contributed by atoms with Gasteiger partial charge in [0.2, 0.25) is 0 Å². The molecule has 0 radical (unpaired) electrons. The highest BCUT2D eigenvalue weighted by Crippen LogP contribution is 2.33. The third kappa shape index (κ3) is 3.31. The van der Waals surface area contributed by atoms with Crippen LogP contribution in [0.3, 0.4) is 0 Å². The molecule has 0 bridgehead atoms. The quantitative estimate of drug-likeness (QED) is 0.676. The van der Waals surface area contributed by atoms with Gasteiger partial charge < -0.3 is 9.80 Å². The van der Waals surface area contributed by atoms with E-state index in [4.69, 9.17) is 0 Å². The molecule has 0 saturated carbocycles. The number of aryl methyl sites for hydroxylation is 1. The van der Waals surface area contributed by atoms with Crippen LogP contribution in [0.1, 0.15) is 28.5 Å². The largest absolute Gasteiger partial charge is 0.340 e. The lowest BCUT2D eigenvalue weighted by Crippen LogP contribution is -2.31. The van der Waals surface area contributed by atoms with E-state index in [1.54, 1.807) is 11.1 Å². The first-order chi connectivity index (χ1) is 13.2. The monoisotopic (exact) mass is 357 g/mol. The van der Waals surface area contributed by atoms with Gasteiger partial charge in [-0.15, -0.1) is 0 Å². The first-order valence-corrected chi connectivity index (χ1v) is 9.37. The normalized spacial score (nSPS) is 12.7. The van der Waals surface area contributed by atoms with Gasteiger partial charge in [0.25, 0.3) is 5.91 Å². The highest BCUT2D eigenvalue weighted by Gasteiger charge is 2.21. The number of carbonyl (C=O) groups is 1. The Morgan fingerprint density at radius 1 is 1.11 bits per heavy atom. The number of rotatable bonds is 4. The molecule has 2 heterocycles. The lowest BCUT2D eigenvalue weighted by atomic mass is 10.2. The van der Waals surface area contributed by atoms with Gasteiger partial charge in [-0.1, -0.05) is 30.3 Å². The second kappa shape index (κ2) is 7.23. The third-order valence-electron chi connectivity index (χ3n) is 5.04. The van der Waals surface area contributed by atoms with Crippen molar-refractivity contribution >= 4 is 23.0 Å². The van der Waals surface area contributed by atoms with Gasteiger partial charge in [0.05, 0.1) is 11.9 Å². The first-order valence-electron chi connectivity index (χ1n) is 9.37. The van der Waals surface area contributed by atoms with Gasteiger partial charge in [-0.3, -0.25) is 4.79 Å². The van der Waals surface area contributed by atoms with Crippen LogP contribution in [0.2, 0.25) is 0 Å². The molecule has 0 atom stereocenters. The molecule has 1 aromatic heterocycles. The molecule has 4 heteroatoms. The van der Waals surface area contributed by atoms with Gasteiger partial charge in [0, 0.05) is 24.5 Å². The summed E-state index contributed by atoms with van der Waals surface area (Å²) in [5, 5.41) is 0. The Labute approximate surface area is 160 Å². The summed E-state index contributed by atoms with van der Waals surface area (Å²) in [6.45, 7) is 5.56. The molecule has 3 aromatic rings. The van der Waals surface area contributed by atoms with Crippen LogP contribution in [0.25, 0.3) is 0 Å². The van der Waals surface area contributed by atoms with Crippen LogP contribution in [-0.2, 0) is 6.42 Å². The second-order valence-corrected chi connectivity index (χ2v) is 6.82. The molecule has 1 amide bonds. The van der Waals surface area contributed by atoms with Gasteiger partial charge in [0.1, 0.15) is 5.69 Å². The molecule has 4 nitrogen and oxygen atoms in total. The molecule has 2 aromatic carbocycles. The minimum Gasteiger partial charge on any atom is -0.340 e. The van der Waals surface area contributed by atoms with Crippen molar-refractivity contribution in [2.75, 3.05) is 22.9 Å². The van der Waals surface area contributed by atoms with E-state index in [0.29, 0.717) is 12.2 Å². The summed E-state index contributed by atoms with van der Waals surface area (Å²) in [4.78, 5) is 21.5. The molecule has 0 N–H and O–H groups in total. The summed E-state index contributed by atoms with van der Waals surface area (Å²) in [7, 11) is 0. The first kappa shape index (κ1) is 17.3. The predicted molar refractivity (Wildman–Crippen MR) is 110 cm³/mol. The Morgan fingerprint density at radius 3 is 2.70 bits per heavy atom. The van der Waals surface area contributed by atoms with E-state index in [1.807, 2.05) is 50.2 Å². The van der Waals surface area contributed by atoms with E-state index in [1.165, 1.54) is 11.3 Å². The van der Waals surface area contributed by atoms with Crippen LogP contribution in [0, 0.1) is 6.92 Å². The minimum atomic E-state index is -0.0727. The van der Waals surface area contributed by atoms with E-state index < -0.39 is 0 Å².